The summed E-state index contributed by atoms with van der Waals surface area (Å²) in [7, 11) is 3.41. The highest BCUT2D eigenvalue weighted by Crippen LogP contribution is 2.24. The average Bonchev–Trinajstić information content (AvgIpc) is 2.55. The lowest BCUT2D eigenvalue weighted by atomic mass is 10.2. The molecule has 2 rings (SSSR count). The van der Waals surface area contributed by atoms with E-state index in [1.54, 1.807) is 23.9 Å². The van der Waals surface area contributed by atoms with Gasteiger partial charge in [0.25, 0.3) is 0 Å². The minimum Gasteiger partial charge on any atom is -0.479 e. The van der Waals surface area contributed by atoms with E-state index in [0.29, 0.717) is 11.4 Å². The van der Waals surface area contributed by atoms with Crippen LogP contribution in [0, 0.1) is 11.3 Å². The van der Waals surface area contributed by atoms with Gasteiger partial charge in [0, 0.05) is 7.05 Å². The van der Waals surface area contributed by atoms with Crippen molar-refractivity contribution >= 4 is 10.9 Å². The number of hydrogen-bond acceptors (Lipinski definition) is 3. The number of methoxy groups -OCH3 is 1. The molecule has 0 saturated carbocycles. The lowest BCUT2D eigenvalue weighted by Gasteiger charge is -1.94. The van der Waals surface area contributed by atoms with Crippen LogP contribution in [-0.4, -0.2) is 16.9 Å². The normalized spacial score (nSPS) is 10.1. The zero-order valence-electron chi connectivity index (χ0n) is 7.98. The predicted molar refractivity (Wildman–Crippen MR) is 52.0 cm³/mol. The van der Waals surface area contributed by atoms with E-state index < -0.39 is 0 Å². The summed E-state index contributed by atoms with van der Waals surface area (Å²) >= 11 is 0. The molecule has 1 heterocycles. The lowest BCUT2D eigenvalue weighted by Crippen LogP contribution is -1.90. The summed E-state index contributed by atoms with van der Waals surface area (Å²) < 4.78 is 6.84. The smallest absolute Gasteiger partial charge is 0.240 e. The molecule has 0 saturated heterocycles. The molecule has 4 heteroatoms. The van der Waals surface area contributed by atoms with E-state index in [1.165, 1.54) is 0 Å². The third-order valence-electron chi connectivity index (χ3n) is 2.14. The van der Waals surface area contributed by atoms with Gasteiger partial charge >= 0.3 is 0 Å². The second-order valence-electron chi connectivity index (χ2n) is 2.98. The fourth-order valence-electron chi connectivity index (χ4n) is 1.45. The van der Waals surface area contributed by atoms with Crippen molar-refractivity contribution in [3.8, 4) is 11.9 Å². The Morgan fingerprint density at radius 3 is 2.93 bits per heavy atom. The van der Waals surface area contributed by atoms with Crippen molar-refractivity contribution in [2.75, 3.05) is 7.11 Å². The van der Waals surface area contributed by atoms with Gasteiger partial charge < -0.3 is 4.74 Å². The summed E-state index contributed by atoms with van der Waals surface area (Å²) in [6.07, 6.45) is 0. The first-order valence-corrected chi connectivity index (χ1v) is 4.17. The first-order chi connectivity index (χ1) is 6.76. The Kier molecular flexibility index (Phi) is 1.86. The fraction of sp³-hybridized carbons (Fsp3) is 0.200. The topological polar surface area (TPSA) is 50.8 Å². The molecule has 14 heavy (non-hydrogen) atoms. The van der Waals surface area contributed by atoms with Crippen LogP contribution >= 0.6 is 0 Å². The maximum atomic E-state index is 8.75. The van der Waals surface area contributed by atoms with Gasteiger partial charge in [0.2, 0.25) is 5.88 Å². The third-order valence-corrected chi connectivity index (χ3v) is 2.14. The number of aryl methyl sites for hydroxylation is 1. The van der Waals surface area contributed by atoms with Crippen molar-refractivity contribution in [2.24, 2.45) is 7.05 Å². The third kappa shape index (κ3) is 1.11. The summed E-state index contributed by atoms with van der Waals surface area (Å²) in [5, 5.41) is 13.8. The lowest BCUT2D eigenvalue weighted by molar-refractivity contribution is 0.396. The first kappa shape index (κ1) is 8.57. The van der Waals surface area contributed by atoms with Crippen molar-refractivity contribution < 1.29 is 4.74 Å². The first-order valence-electron chi connectivity index (χ1n) is 4.17. The van der Waals surface area contributed by atoms with Gasteiger partial charge in [0.05, 0.1) is 29.6 Å². The zero-order valence-corrected chi connectivity index (χ0v) is 7.98. The van der Waals surface area contributed by atoms with E-state index >= 15 is 0 Å². The predicted octanol–water partition coefficient (Wildman–Crippen LogP) is 1.45. The Labute approximate surface area is 81.3 Å². The van der Waals surface area contributed by atoms with E-state index in [-0.39, 0.29) is 0 Å². The zero-order chi connectivity index (χ0) is 10.1. The van der Waals surface area contributed by atoms with Gasteiger partial charge in [-0.15, -0.1) is 5.10 Å². The number of aromatic nitrogens is 2. The summed E-state index contributed by atoms with van der Waals surface area (Å²) in [6.45, 7) is 0. The van der Waals surface area contributed by atoms with Crippen LogP contribution in [0.15, 0.2) is 18.2 Å². The molecule has 0 bridgehead atoms. The Hall–Kier alpha value is -2.02. The summed E-state index contributed by atoms with van der Waals surface area (Å²) in [4.78, 5) is 0. The van der Waals surface area contributed by atoms with Gasteiger partial charge in [-0.25, -0.2) is 0 Å². The molecular weight excluding hydrogens is 178 g/mol. The maximum absolute atomic E-state index is 8.75. The summed E-state index contributed by atoms with van der Waals surface area (Å²) in [6, 6.07) is 7.50. The van der Waals surface area contributed by atoms with Crippen LogP contribution in [0.3, 0.4) is 0 Å². The second-order valence-corrected chi connectivity index (χ2v) is 2.98. The Morgan fingerprint density at radius 2 is 2.29 bits per heavy atom. The number of benzene rings is 1. The van der Waals surface area contributed by atoms with Crippen molar-refractivity contribution in [1.82, 2.24) is 9.78 Å². The van der Waals surface area contributed by atoms with Gasteiger partial charge in [-0.2, -0.15) is 5.26 Å². The molecule has 0 aliphatic carbocycles. The molecule has 0 unspecified atom stereocenters. The number of nitriles is 1. The van der Waals surface area contributed by atoms with E-state index in [9.17, 15) is 0 Å². The summed E-state index contributed by atoms with van der Waals surface area (Å²) in [5.41, 5.74) is 1.57. The molecule has 0 aliphatic heterocycles. The molecule has 0 atom stereocenters. The second kappa shape index (κ2) is 3.04. The number of fused-ring (bicyclic) bond motifs is 1. The van der Waals surface area contributed by atoms with Crippen molar-refractivity contribution in [3.05, 3.63) is 23.8 Å². The molecule has 0 radical (unpaired) electrons. The van der Waals surface area contributed by atoms with Crippen LogP contribution in [0.2, 0.25) is 0 Å². The average molecular weight is 187 g/mol. The van der Waals surface area contributed by atoms with E-state index in [2.05, 4.69) is 11.2 Å². The van der Waals surface area contributed by atoms with Crippen LogP contribution in [0.4, 0.5) is 0 Å². The molecule has 2 aromatic rings. The van der Waals surface area contributed by atoms with Crippen molar-refractivity contribution in [3.63, 3.8) is 0 Å². The van der Waals surface area contributed by atoms with Gasteiger partial charge in [-0.1, -0.05) is 0 Å². The number of nitrogens with zero attached hydrogens (tertiary/aromatic N) is 3. The molecule has 70 valence electrons. The Bertz CT molecular complexity index is 522. The van der Waals surface area contributed by atoms with Crippen LogP contribution < -0.4 is 4.74 Å². The molecule has 0 spiro atoms. The molecule has 0 fully saturated rings. The van der Waals surface area contributed by atoms with Crippen LogP contribution in [0.5, 0.6) is 5.88 Å². The van der Waals surface area contributed by atoms with E-state index in [0.717, 1.165) is 10.9 Å². The van der Waals surface area contributed by atoms with Gasteiger partial charge in [-0.05, 0) is 18.2 Å². The SMILES string of the molecule is COc1nn(C)c2ccc(C#N)cc12. The monoisotopic (exact) mass is 187 g/mol. The van der Waals surface area contributed by atoms with Crippen LogP contribution in [0.25, 0.3) is 10.9 Å². The highest BCUT2D eigenvalue weighted by atomic mass is 16.5. The maximum Gasteiger partial charge on any atom is 0.240 e. The minimum atomic E-state index is 0.555. The quantitative estimate of drug-likeness (QED) is 0.679. The van der Waals surface area contributed by atoms with Crippen molar-refractivity contribution in [2.45, 2.75) is 0 Å². The Morgan fingerprint density at radius 1 is 1.50 bits per heavy atom. The molecule has 0 amide bonds. The molecular formula is C10H9N3O. The molecule has 1 aromatic carbocycles. The molecule has 4 nitrogen and oxygen atoms in total. The molecule has 0 N–H and O–H groups in total. The highest BCUT2D eigenvalue weighted by molar-refractivity contribution is 5.85. The summed E-state index contributed by atoms with van der Waals surface area (Å²) in [5.74, 6) is 0.555. The van der Waals surface area contributed by atoms with Crippen molar-refractivity contribution in [1.29, 1.82) is 5.26 Å². The van der Waals surface area contributed by atoms with Gasteiger partial charge in [0.15, 0.2) is 0 Å². The van der Waals surface area contributed by atoms with Gasteiger partial charge in [-0.3, -0.25) is 4.68 Å². The minimum absolute atomic E-state index is 0.555. The largest absolute Gasteiger partial charge is 0.479 e. The van der Waals surface area contributed by atoms with Crippen LogP contribution in [-0.2, 0) is 7.05 Å². The highest BCUT2D eigenvalue weighted by Gasteiger charge is 2.08. The van der Waals surface area contributed by atoms with Crippen LogP contribution in [0.1, 0.15) is 5.56 Å². The molecule has 0 aliphatic rings. The van der Waals surface area contributed by atoms with E-state index in [1.807, 2.05) is 13.1 Å². The fourth-order valence-corrected chi connectivity index (χ4v) is 1.45. The van der Waals surface area contributed by atoms with E-state index in [4.69, 9.17) is 10.00 Å². The molecule has 1 aromatic heterocycles. The number of ether oxygens (including phenoxy) is 1. The Balaban J connectivity index is 2.79. The number of rotatable bonds is 1. The van der Waals surface area contributed by atoms with Gasteiger partial charge in [0.1, 0.15) is 0 Å². The standard InChI is InChI=1S/C10H9N3O/c1-13-9-4-3-7(6-11)5-8(9)10(12-13)14-2/h3-5H,1-2H3. The number of hydrogen-bond donors (Lipinski definition) is 0.